The summed E-state index contributed by atoms with van der Waals surface area (Å²) in [6.07, 6.45) is 0.859. The lowest BCUT2D eigenvalue weighted by Crippen LogP contribution is -2.22. The normalized spacial score (nSPS) is 11.4. The molecule has 0 aliphatic carbocycles. The van der Waals surface area contributed by atoms with E-state index in [0.717, 1.165) is 0 Å². The van der Waals surface area contributed by atoms with Gasteiger partial charge < -0.3 is 34.7 Å². The largest absolute Gasteiger partial charge is 0.491 e. The summed E-state index contributed by atoms with van der Waals surface area (Å²) in [5.74, 6) is -1.19. The molecule has 160 valence electrons. The summed E-state index contributed by atoms with van der Waals surface area (Å²) in [4.78, 5) is 24.6. The third-order valence-electron chi connectivity index (χ3n) is 4.08. The number of aromatic nitrogens is 1. The number of carbonyl (C=O) groups is 2. The van der Waals surface area contributed by atoms with E-state index in [-0.39, 0.29) is 34.8 Å². The number of carbonyl (C=O) groups excluding carboxylic acids is 2. The van der Waals surface area contributed by atoms with Crippen molar-refractivity contribution in [1.29, 1.82) is 5.26 Å². The Morgan fingerprint density at radius 2 is 2.07 bits per heavy atom. The summed E-state index contributed by atoms with van der Waals surface area (Å²) in [6.45, 7) is 1.35. The smallest absolute Gasteiger partial charge is 0.357 e. The average Bonchev–Trinajstić information content (AvgIpc) is 3.10. The highest BCUT2D eigenvalue weighted by molar-refractivity contribution is 5.96. The molecule has 2 aromatic rings. The predicted molar refractivity (Wildman–Crippen MR) is 105 cm³/mol. The van der Waals surface area contributed by atoms with Gasteiger partial charge in [0.15, 0.2) is 5.69 Å². The van der Waals surface area contributed by atoms with E-state index in [1.54, 1.807) is 0 Å². The maximum Gasteiger partial charge on any atom is 0.357 e. The molecule has 10 nitrogen and oxygen atoms in total. The number of rotatable bonds is 9. The van der Waals surface area contributed by atoms with Gasteiger partial charge >= 0.3 is 11.9 Å². The number of ether oxygens (including phenoxy) is 3. The van der Waals surface area contributed by atoms with E-state index in [0.29, 0.717) is 18.8 Å². The number of anilines is 1. The molecule has 10 heteroatoms. The second kappa shape index (κ2) is 10.3. The summed E-state index contributed by atoms with van der Waals surface area (Å²) in [7, 11) is 1.18. The number of nitrogen functional groups attached to an aromatic ring is 1. The number of hydrogen-bond donors (Lipinski definition) is 3. The number of methoxy groups -OCH3 is 1. The van der Waals surface area contributed by atoms with Crippen molar-refractivity contribution in [3.05, 3.63) is 41.2 Å². The fourth-order valence-corrected chi connectivity index (χ4v) is 2.58. The van der Waals surface area contributed by atoms with E-state index in [4.69, 9.17) is 25.1 Å². The molecule has 0 spiro atoms. The van der Waals surface area contributed by atoms with Gasteiger partial charge in [-0.1, -0.05) is 6.92 Å². The Labute approximate surface area is 173 Å². The third-order valence-corrected chi connectivity index (χ3v) is 4.08. The number of nitriles is 1. The molecule has 0 amide bonds. The molecular weight excluding hydrogens is 394 g/mol. The molecular formula is C20H23N3O7. The van der Waals surface area contributed by atoms with Crippen molar-refractivity contribution in [3.8, 4) is 17.5 Å². The zero-order valence-corrected chi connectivity index (χ0v) is 16.6. The Morgan fingerprint density at radius 1 is 1.33 bits per heavy atom. The van der Waals surface area contributed by atoms with Gasteiger partial charge in [0.25, 0.3) is 0 Å². The lowest BCUT2D eigenvalue weighted by molar-refractivity contribution is 0.00932. The molecule has 2 rings (SSSR count). The van der Waals surface area contributed by atoms with Crippen LogP contribution in [0.15, 0.2) is 24.4 Å². The summed E-state index contributed by atoms with van der Waals surface area (Å²) in [6, 6.07) is 6.29. The first kappa shape index (κ1) is 22.7. The SMILES string of the molecule is CCCOc1ccc(C(=O)OCC(O)CO)cc1-n1cc(C#N)c(N)c1C(=O)OC. The minimum absolute atomic E-state index is 0.0517. The van der Waals surface area contributed by atoms with Gasteiger partial charge in [-0.3, -0.25) is 0 Å². The molecule has 0 saturated heterocycles. The number of nitrogens with zero attached hydrogens (tertiary/aromatic N) is 2. The van der Waals surface area contributed by atoms with Gasteiger partial charge in [-0.25, -0.2) is 9.59 Å². The molecule has 0 aliphatic rings. The van der Waals surface area contributed by atoms with Crippen LogP contribution in [0.25, 0.3) is 5.69 Å². The van der Waals surface area contributed by atoms with Crippen LogP contribution in [0.1, 0.15) is 39.8 Å². The van der Waals surface area contributed by atoms with Crippen molar-refractivity contribution in [2.45, 2.75) is 19.4 Å². The van der Waals surface area contributed by atoms with Gasteiger partial charge in [0.2, 0.25) is 0 Å². The first-order valence-corrected chi connectivity index (χ1v) is 9.10. The topological polar surface area (TPSA) is 157 Å². The van der Waals surface area contributed by atoms with Gasteiger partial charge in [-0.05, 0) is 24.6 Å². The molecule has 0 bridgehead atoms. The first-order valence-electron chi connectivity index (χ1n) is 9.10. The van der Waals surface area contributed by atoms with Crippen LogP contribution in [-0.2, 0) is 9.47 Å². The average molecular weight is 417 g/mol. The van der Waals surface area contributed by atoms with E-state index in [1.807, 2.05) is 13.0 Å². The summed E-state index contributed by atoms with van der Waals surface area (Å²) in [5.41, 5.74) is 6.22. The Morgan fingerprint density at radius 3 is 2.67 bits per heavy atom. The maximum absolute atomic E-state index is 12.3. The Hall–Kier alpha value is -3.55. The fraction of sp³-hybridized carbons (Fsp3) is 0.350. The molecule has 1 atom stereocenters. The summed E-state index contributed by atoms with van der Waals surface area (Å²) < 4.78 is 16.8. The minimum atomic E-state index is -1.20. The zero-order valence-electron chi connectivity index (χ0n) is 16.6. The first-order chi connectivity index (χ1) is 14.4. The van der Waals surface area contributed by atoms with Crippen molar-refractivity contribution in [3.63, 3.8) is 0 Å². The Bertz CT molecular complexity index is 962. The van der Waals surface area contributed by atoms with E-state index in [9.17, 15) is 20.0 Å². The number of nitrogens with two attached hydrogens (primary N) is 1. The van der Waals surface area contributed by atoms with Crippen molar-refractivity contribution in [2.24, 2.45) is 0 Å². The molecule has 30 heavy (non-hydrogen) atoms. The monoisotopic (exact) mass is 417 g/mol. The van der Waals surface area contributed by atoms with E-state index < -0.39 is 24.6 Å². The van der Waals surface area contributed by atoms with Gasteiger partial charge in [0.1, 0.15) is 24.5 Å². The highest BCUT2D eigenvalue weighted by atomic mass is 16.5. The molecule has 1 aromatic carbocycles. The van der Waals surface area contributed by atoms with Crippen molar-refractivity contribution in [1.82, 2.24) is 4.57 Å². The van der Waals surface area contributed by atoms with E-state index >= 15 is 0 Å². The lowest BCUT2D eigenvalue weighted by Gasteiger charge is -2.16. The lowest BCUT2D eigenvalue weighted by atomic mass is 10.1. The second-order valence-corrected chi connectivity index (χ2v) is 6.24. The van der Waals surface area contributed by atoms with Gasteiger partial charge in [0, 0.05) is 6.20 Å². The highest BCUT2D eigenvalue weighted by Gasteiger charge is 2.24. The minimum Gasteiger partial charge on any atom is -0.491 e. The van der Waals surface area contributed by atoms with Crippen LogP contribution in [0.3, 0.4) is 0 Å². The maximum atomic E-state index is 12.3. The Kier molecular flexibility index (Phi) is 7.80. The van der Waals surface area contributed by atoms with Crippen LogP contribution in [0, 0.1) is 11.3 Å². The number of benzene rings is 1. The quantitative estimate of drug-likeness (QED) is 0.507. The number of hydrogen-bond acceptors (Lipinski definition) is 9. The van der Waals surface area contributed by atoms with Crippen LogP contribution >= 0.6 is 0 Å². The molecule has 1 heterocycles. The standard InChI is InChI=1S/C20H23N3O7/c1-3-6-29-16-5-4-12(19(26)30-11-14(25)10-24)7-15(16)23-9-13(8-21)17(22)18(23)20(27)28-2/h4-5,7,9,14,24-25H,3,6,10-11,22H2,1-2H3. The molecule has 0 radical (unpaired) electrons. The van der Waals surface area contributed by atoms with Crippen molar-refractivity contribution < 1.29 is 34.0 Å². The van der Waals surface area contributed by atoms with Crippen LogP contribution in [0.5, 0.6) is 5.75 Å². The van der Waals surface area contributed by atoms with E-state index in [2.05, 4.69) is 0 Å². The number of aliphatic hydroxyl groups is 2. The van der Waals surface area contributed by atoms with E-state index in [1.165, 1.54) is 36.1 Å². The highest BCUT2D eigenvalue weighted by Crippen LogP contribution is 2.31. The van der Waals surface area contributed by atoms with Gasteiger partial charge in [-0.15, -0.1) is 0 Å². The fourth-order valence-electron chi connectivity index (χ4n) is 2.58. The molecule has 4 N–H and O–H groups in total. The van der Waals surface area contributed by atoms with Crippen LogP contribution < -0.4 is 10.5 Å². The Balaban J connectivity index is 2.58. The van der Waals surface area contributed by atoms with Crippen LogP contribution in [0.2, 0.25) is 0 Å². The zero-order chi connectivity index (χ0) is 22.3. The molecule has 0 saturated carbocycles. The van der Waals surface area contributed by atoms with Gasteiger partial charge in [-0.2, -0.15) is 5.26 Å². The number of esters is 2. The summed E-state index contributed by atoms with van der Waals surface area (Å²) in [5, 5.41) is 27.5. The summed E-state index contributed by atoms with van der Waals surface area (Å²) >= 11 is 0. The van der Waals surface area contributed by atoms with Crippen LogP contribution in [-0.4, -0.2) is 59.8 Å². The molecule has 1 aromatic heterocycles. The number of aliphatic hydroxyl groups excluding tert-OH is 2. The second-order valence-electron chi connectivity index (χ2n) is 6.24. The third kappa shape index (κ3) is 4.89. The molecule has 0 aliphatic heterocycles. The molecule has 1 unspecified atom stereocenters. The van der Waals surface area contributed by atoms with Crippen LogP contribution in [0.4, 0.5) is 5.69 Å². The van der Waals surface area contributed by atoms with Gasteiger partial charge in [0.05, 0.1) is 42.8 Å². The van der Waals surface area contributed by atoms with Crippen molar-refractivity contribution in [2.75, 3.05) is 32.7 Å². The molecule has 0 fully saturated rings. The predicted octanol–water partition coefficient (Wildman–Crippen LogP) is 1.02. The van der Waals surface area contributed by atoms with Crippen molar-refractivity contribution >= 4 is 17.6 Å².